The highest BCUT2D eigenvalue weighted by molar-refractivity contribution is 5.75. The van der Waals surface area contributed by atoms with Crippen LogP contribution in [0, 0.1) is 11.8 Å². The Bertz CT molecular complexity index is 1050. The molecule has 2 rings (SSSR count). The van der Waals surface area contributed by atoms with E-state index in [0.717, 1.165) is 25.7 Å². The van der Waals surface area contributed by atoms with E-state index >= 15 is 0 Å². The van der Waals surface area contributed by atoms with Gasteiger partial charge in [0.25, 0.3) is 0 Å². The van der Waals surface area contributed by atoms with E-state index in [1.165, 1.54) is 44.9 Å². The molecule has 2 atom stereocenters. The minimum absolute atomic E-state index is 0.0105. The number of carbonyl (C=O) groups is 2. The summed E-state index contributed by atoms with van der Waals surface area (Å²) in [6, 6.07) is -0.666. The molecule has 10 nitrogen and oxygen atoms in total. The van der Waals surface area contributed by atoms with Crippen molar-refractivity contribution in [3.63, 3.8) is 0 Å². The molecule has 0 radical (unpaired) electrons. The smallest absolute Gasteiger partial charge is 0.323 e. The van der Waals surface area contributed by atoms with Crippen molar-refractivity contribution < 1.29 is 19.1 Å². The van der Waals surface area contributed by atoms with E-state index in [-0.39, 0.29) is 37.0 Å². The second-order valence-electron chi connectivity index (χ2n) is 11.2. The summed E-state index contributed by atoms with van der Waals surface area (Å²) < 4.78 is 12.9. The third kappa shape index (κ3) is 13.9. The number of carbonyl (C=O) groups excluding carboxylic acids is 2. The Morgan fingerprint density at radius 2 is 1.66 bits per heavy atom. The van der Waals surface area contributed by atoms with Crippen LogP contribution in [0.2, 0.25) is 0 Å². The van der Waals surface area contributed by atoms with Crippen LogP contribution in [-0.4, -0.2) is 50.7 Å². The number of allylic oxidation sites excluding steroid dienone is 2. The number of esters is 2. The first-order chi connectivity index (χ1) is 19.8. The first kappa shape index (κ1) is 34.2. The maximum Gasteiger partial charge on any atom is 0.323 e. The van der Waals surface area contributed by atoms with Gasteiger partial charge in [-0.1, -0.05) is 71.4 Å². The zero-order valence-electron chi connectivity index (χ0n) is 25.4. The second-order valence-corrected chi connectivity index (χ2v) is 11.2. The predicted octanol–water partition coefficient (Wildman–Crippen LogP) is 5.74. The maximum atomic E-state index is 12.5. The molecular formula is C31H52N6O4. The number of anilines is 1. The topological polar surface area (TPSA) is 148 Å². The molecule has 0 unspecified atom stereocenters. The lowest BCUT2D eigenvalue weighted by molar-refractivity contribution is -0.149. The van der Waals surface area contributed by atoms with E-state index in [4.69, 9.17) is 20.9 Å². The van der Waals surface area contributed by atoms with Crippen molar-refractivity contribution in [1.82, 2.24) is 19.5 Å². The van der Waals surface area contributed by atoms with Crippen molar-refractivity contribution in [1.29, 1.82) is 0 Å². The largest absolute Gasteiger partial charge is 0.465 e. The van der Waals surface area contributed by atoms with Crippen LogP contribution in [0.4, 0.5) is 5.95 Å². The van der Waals surface area contributed by atoms with Crippen LogP contribution in [0.25, 0.3) is 11.2 Å². The fourth-order valence-corrected chi connectivity index (χ4v) is 4.47. The minimum Gasteiger partial charge on any atom is -0.465 e. The Balaban J connectivity index is 1.72. The molecular weight excluding hydrogens is 520 g/mol. The van der Waals surface area contributed by atoms with Gasteiger partial charge in [-0.05, 0) is 44.4 Å². The van der Waals surface area contributed by atoms with Gasteiger partial charge >= 0.3 is 11.9 Å². The second kappa shape index (κ2) is 20.0. The Hall–Kier alpha value is -3.01. The number of ether oxygens (including phenoxy) is 2. The summed E-state index contributed by atoms with van der Waals surface area (Å²) in [6.45, 7) is 6.85. The molecule has 41 heavy (non-hydrogen) atoms. The number of aromatic nitrogens is 4. The van der Waals surface area contributed by atoms with Crippen LogP contribution >= 0.6 is 0 Å². The molecule has 10 heteroatoms. The fraction of sp³-hybridized carbons (Fsp3) is 0.710. The van der Waals surface area contributed by atoms with Gasteiger partial charge in [-0.3, -0.25) is 9.59 Å². The summed E-state index contributed by atoms with van der Waals surface area (Å²) in [5.41, 5.74) is 12.9. The van der Waals surface area contributed by atoms with Crippen LogP contribution in [0.3, 0.4) is 0 Å². The van der Waals surface area contributed by atoms with E-state index in [2.05, 4.69) is 34.0 Å². The zero-order chi connectivity index (χ0) is 29.9. The van der Waals surface area contributed by atoms with E-state index in [9.17, 15) is 9.59 Å². The highest BCUT2D eigenvalue weighted by Crippen LogP contribution is 2.16. The number of unbranched alkanes of at least 4 members (excludes halogenated alkanes) is 9. The molecule has 0 aliphatic heterocycles. The molecule has 4 N–H and O–H groups in total. The highest BCUT2D eigenvalue weighted by Gasteiger charge is 2.21. The Kier molecular flexibility index (Phi) is 16.6. The lowest BCUT2D eigenvalue weighted by Crippen LogP contribution is -2.37. The van der Waals surface area contributed by atoms with Crippen molar-refractivity contribution in [2.45, 2.75) is 117 Å². The predicted molar refractivity (Wildman–Crippen MR) is 163 cm³/mol. The Morgan fingerprint density at radius 1 is 0.976 bits per heavy atom. The highest BCUT2D eigenvalue weighted by atomic mass is 16.5. The van der Waals surface area contributed by atoms with Crippen molar-refractivity contribution >= 4 is 29.1 Å². The van der Waals surface area contributed by atoms with E-state index < -0.39 is 12.0 Å². The van der Waals surface area contributed by atoms with Gasteiger partial charge in [-0.25, -0.2) is 9.97 Å². The van der Waals surface area contributed by atoms with Gasteiger partial charge < -0.3 is 25.5 Å². The molecule has 0 fully saturated rings. The third-order valence-corrected chi connectivity index (χ3v) is 7.22. The van der Waals surface area contributed by atoms with E-state index in [1.807, 2.05) is 18.4 Å². The summed E-state index contributed by atoms with van der Waals surface area (Å²) in [6.07, 6.45) is 21.7. The summed E-state index contributed by atoms with van der Waals surface area (Å²) in [7, 11) is 0. The number of nitrogens with zero attached hydrogens (tertiary/aromatic N) is 4. The number of rotatable bonds is 22. The SMILES string of the molecule is CCCCCC/C=C/CCCCCCCC(=O)OC[C@H](CCOC(=O)[C@@H](N)C(C)C)Cn1cnc2cnc(N)nc21. The maximum absolute atomic E-state index is 12.5. The first-order valence-electron chi connectivity index (χ1n) is 15.5. The molecule has 0 saturated heterocycles. The molecule has 0 spiro atoms. The molecule has 0 aromatic carbocycles. The first-order valence-corrected chi connectivity index (χ1v) is 15.5. The Morgan fingerprint density at radius 3 is 2.37 bits per heavy atom. The minimum atomic E-state index is -0.666. The van der Waals surface area contributed by atoms with E-state index in [0.29, 0.717) is 30.6 Å². The summed E-state index contributed by atoms with van der Waals surface area (Å²) in [5.74, 6) is -0.600. The molecule has 0 aliphatic carbocycles. The van der Waals surface area contributed by atoms with Crippen LogP contribution in [-0.2, 0) is 25.6 Å². The quantitative estimate of drug-likeness (QED) is 0.102. The molecule has 0 amide bonds. The fourth-order valence-electron chi connectivity index (χ4n) is 4.47. The van der Waals surface area contributed by atoms with Crippen molar-refractivity contribution in [2.75, 3.05) is 18.9 Å². The van der Waals surface area contributed by atoms with E-state index in [1.54, 1.807) is 12.5 Å². The van der Waals surface area contributed by atoms with Gasteiger partial charge in [0.05, 0.1) is 25.7 Å². The van der Waals surface area contributed by atoms with Gasteiger partial charge in [0.1, 0.15) is 11.6 Å². The monoisotopic (exact) mass is 572 g/mol. The lowest BCUT2D eigenvalue weighted by atomic mass is 10.1. The number of fused-ring (bicyclic) bond motifs is 1. The molecule has 0 bridgehead atoms. The van der Waals surface area contributed by atoms with Crippen LogP contribution in [0.15, 0.2) is 24.7 Å². The summed E-state index contributed by atoms with van der Waals surface area (Å²) >= 11 is 0. The molecule has 0 saturated carbocycles. The van der Waals surface area contributed by atoms with Gasteiger partial charge in [0.2, 0.25) is 5.95 Å². The summed E-state index contributed by atoms with van der Waals surface area (Å²) in [4.78, 5) is 37.2. The molecule has 2 heterocycles. The average molecular weight is 573 g/mol. The number of nitrogen functional groups attached to an aromatic ring is 1. The number of nitrogens with two attached hydrogens (primary N) is 2. The van der Waals surface area contributed by atoms with Gasteiger partial charge in [-0.2, -0.15) is 4.98 Å². The zero-order valence-corrected chi connectivity index (χ0v) is 25.4. The molecule has 2 aromatic heterocycles. The van der Waals surface area contributed by atoms with Gasteiger partial charge in [0, 0.05) is 18.9 Å². The van der Waals surface area contributed by atoms with Crippen LogP contribution in [0.5, 0.6) is 0 Å². The van der Waals surface area contributed by atoms with Crippen molar-refractivity contribution in [3.05, 3.63) is 24.7 Å². The normalized spacial score (nSPS) is 13.2. The average Bonchev–Trinajstić information content (AvgIpc) is 3.34. The standard InChI is InChI=1S/C31H52N6O4/c1-4-5-6-7-8-9-10-11-12-13-14-15-16-17-27(38)41-22-25(18-19-40-30(39)28(32)24(2)3)21-37-23-35-26-20-34-31(33)36-29(26)37/h9-10,20,23-25,28H,4-8,11-19,21-22,32H2,1-3H3,(H2,33,34,36)/b10-9+/t25-,28+/m1/s1. The van der Waals surface area contributed by atoms with Crippen molar-refractivity contribution in [2.24, 2.45) is 17.6 Å². The number of hydrogen-bond acceptors (Lipinski definition) is 9. The Labute approximate surface area is 245 Å². The molecule has 0 aliphatic rings. The van der Waals surface area contributed by atoms with Gasteiger partial charge in [-0.15, -0.1) is 0 Å². The summed E-state index contributed by atoms with van der Waals surface area (Å²) in [5, 5.41) is 0. The number of hydrogen-bond donors (Lipinski definition) is 2. The number of imidazole rings is 1. The lowest BCUT2D eigenvalue weighted by Gasteiger charge is -2.19. The van der Waals surface area contributed by atoms with Crippen LogP contribution in [0.1, 0.15) is 104 Å². The molecule has 2 aromatic rings. The van der Waals surface area contributed by atoms with Crippen LogP contribution < -0.4 is 11.5 Å². The van der Waals surface area contributed by atoms with Gasteiger partial charge in [0.15, 0.2) is 5.65 Å². The van der Waals surface area contributed by atoms with Crippen molar-refractivity contribution in [3.8, 4) is 0 Å². The molecule has 230 valence electrons. The third-order valence-electron chi connectivity index (χ3n) is 7.22.